The van der Waals surface area contributed by atoms with Crippen molar-refractivity contribution in [2.45, 2.75) is 0 Å². The van der Waals surface area contributed by atoms with Crippen LogP contribution in [-0.4, -0.2) is 36.3 Å². The van der Waals surface area contributed by atoms with Crippen molar-refractivity contribution in [2.75, 3.05) is 36.5 Å². The third-order valence-electron chi connectivity index (χ3n) is 4.44. The summed E-state index contributed by atoms with van der Waals surface area (Å²) in [7, 11) is 0. The van der Waals surface area contributed by atoms with Crippen LogP contribution in [0.4, 0.5) is 17.3 Å². The van der Waals surface area contributed by atoms with Crippen LogP contribution in [0.15, 0.2) is 60.8 Å². The molecule has 2 aromatic carbocycles. The fraction of sp³-hybridized carbons (Fsp3) is 0.190. The van der Waals surface area contributed by atoms with Crippen molar-refractivity contribution in [1.82, 2.24) is 9.97 Å². The summed E-state index contributed by atoms with van der Waals surface area (Å²) in [5, 5.41) is 12.3. The normalized spacial score (nSPS) is 13.8. The minimum atomic E-state index is 0.522. The van der Waals surface area contributed by atoms with Gasteiger partial charge in [-0.15, -0.1) is 0 Å². The largest absolute Gasteiger partial charge is 0.378 e. The number of hydrogen-bond acceptors (Lipinski definition) is 6. The molecule has 2 heterocycles. The first-order valence-electron chi connectivity index (χ1n) is 8.85. The summed E-state index contributed by atoms with van der Waals surface area (Å²) in [5.74, 6) is 0.522. The Balaban J connectivity index is 1.50. The first-order chi connectivity index (χ1) is 13.3. The second-order valence-electron chi connectivity index (χ2n) is 6.23. The van der Waals surface area contributed by atoms with Crippen LogP contribution in [0.2, 0.25) is 0 Å². The van der Waals surface area contributed by atoms with Crippen molar-refractivity contribution in [1.29, 1.82) is 5.26 Å². The van der Waals surface area contributed by atoms with E-state index in [4.69, 9.17) is 10.00 Å². The lowest BCUT2D eigenvalue weighted by atomic mass is 10.1. The Labute approximate surface area is 158 Å². The first kappa shape index (κ1) is 17.0. The Bertz CT molecular complexity index is 959. The molecule has 1 aliphatic rings. The molecule has 1 fully saturated rings. The third kappa shape index (κ3) is 4.05. The number of nitrogens with zero attached hydrogens (tertiary/aromatic N) is 4. The predicted octanol–water partition coefficient (Wildman–Crippen LogP) is 3.60. The summed E-state index contributed by atoms with van der Waals surface area (Å²) in [6, 6.07) is 19.6. The molecule has 0 unspecified atom stereocenters. The molecule has 1 aromatic heterocycles. The fourth-order valence-electron chi connectivity index (χ4n) is 3.03. The van der Waals surface area contributed by atoms with Gasteiger partial charge in [-0.05, 0) is 42.5 Å². The predicted molar refractivity (Wildman–Crippen MR) is 105 cm³/mol. The van der Waals surface area contributed by atoms with Crippen LogP contribution in [0.1, 0.15) is 5.56 Å². The molecule has 1 N–H and O–H groups in total. The number of nitriles is 1. The molecule has 0 bridgehead atoms. The van der Waals surface area contributed by atoms with Crippen LogP contribution < -0.4 is 10.2 Å². The van der Waals surface area contributed by atoms with Gasteiger partial charge in [0.25, 0.3) is 0 Å². The van der Waals surface area contributed by atoms with Gasteiger partial charge in [-0.2, -0.15) is 5.26 Å². The van der Waals surface area contributed by atoms with Gasteiger partial charge in [0.2, 0.25) is 5.95 Å². The summed E-state index contributed by atoms with van der Waals surface area (Å²) in [4.78, 5) is 11.2. The van der Waals surface area contributed by atoms with E-state index in [1.165, 1.54) is 5.69 Å². The highest BCUT2D eigenvalue weighted by molar-refractivity contribution is 5.64. The SMILES string of the molecule is N#Cc1cccc(-c2ccnc(Nc3ccc(N4CCOCC4)cc3)n2)c1. The Morgan fingerprint density at radius 2 is 1.85 bits per heavy atom. The molecule has 0 radical (unpaired) electrons. The Kier molecular flexibility index (Phi) is 4.95. The highest BCUT2D eigenvalue weighted by atomic mass is 16.5. The number of ether oxygens (including phenoxy) is 1. The zero-order valence-electron chi connectivity index (χ0n) is 14.8. The Morgan fingerprint density at radius 1 is 1.04 bits per heavy atom. The molecule has 4 rings (SSSR count). The zero-order chi connectivity index (χ0) is 18.5. The molecule has 0 aliphatic carbocycles. The average Bonchev–Trinajstić information content (AvgIpc) is 2.75. The number of aromatic nitrogens is 2. The van der Waals surface area contributed by atoms with Gasteiger partial charge in [0, 0.05) is 36.2 Å². The van der Waals surface area contributed by atoms with Crippen LogP contribution >= 0.6 is 0 Å². The number of benzene rings is 2. The van der Waals surface area contributed by atoms with E-state index < -0.39 is 0 Å². The minimum Gasteiger partial charge on any atom is -0.378 e. The maximum atomic E-state index is 9.07. The van der Waals surface area contributed by atoms with Crippen molar-refractivity contribution >= 4 is 17.3 Å². The van der Waals surface area contributed by atoms with Crippen LogP contribution in [0.3, 0.4) is 0 Å². The Morgan fingerprint density at radius 3 is 2.63 bits per heavy atom. The molecule has 0 amide bonds. The van der Waals surface area contributed by atoms with E-state index in [9.17, 15) is 0 Å². The van der Waals surface area contributed by atoms with Crippen LogP contribution in [-0.2, 0) is 4.74 Å². The van der Waals surface area contributed by atoms with Crippen LogP contribution in [0, 0.1) is 11.3 Å². The smallest absolute Gasteiger partial charge is 0.227 e. The van der Waals surface area contributed by atoms with Gasteiger partial charge >= 0.3 is 0 Å². The van der Waals surface area contributed by atoms with Gasteiger partial charge in [-0.1, -0.05) is 12.1 Å². The van der Waals surface area contributed by atoms with Gasteiger partial charge in [-0.25, -0.2) is 9.97 Å². The average molecular weight is 357 g/mol. The molecule has 27 heavy (non-hydrogen) atoms. The fourth-order valence-corrected chi connectivity index (χ4v) is 3.03. The van der Waals surface area contributed by atoms with Crippen LogP contribution in [0.5, 0.6) is 0 Å². The molecule has 134 valence electrons. The topological polar surface area (TPSA) is 74.1 Å². The maximum Gasteiger partial charge on any atom is 0.227 e. The lowest BCUT2D eigenvalue weighted by Gasteiger charge is -2.28. The molecule has 0 atom stereocenters. The first-order valence-corrected chi connectivity index (χ1v) is 8.85. The van der Waals surface area contributed by atoms with E-state index in [2.05, 4.69) is 38.4 Å². The maximum absolute atomic E-state index is 9.07. The van der Waals surface area contributed by atoms with E-state index in [0.29, 0.717) is 11.5 Å². The van der Waals surface area contributed by atoms with E-state index in [1.807, 2.05) is 36.4 Å². The lowest BCUT2D eigenvalue weighted by Crippen LogP contribution is -2.36. The van der Waals surface area contributed by atoms with Crippen molar-refractivity contribution in [3.8, 4) is 17.3 Å². The molecule has 6 nitrogen and oxygen atoms in total. The van der Waals surface area contributed by atoms with Gasteiger partial charge < -0.3 is 15.0 Å². The summed E-state index contributed by atoms with van der Waals surface area (Å²) in [6.45, 7) is 3.38. The van der Waals surface area contributed by atoms with E-state index >= 15 is 0 Å². The number of anilines is 3. The van der Waals surface area contributed by atoms with Gasteiger partial charge in [0.15, 0.2) is 0 Å². The molecular formula is C21H19N5O. The number of hydrogen-bond donors (Lipinski definition) is 1. The number of morpholine rings is 1. The molecule has 0 saturated carbocycles. The number of nitrogens with one attached hydrogen (secondary N) is 1. The zero-order valence-corrected chi connectivity index (χ0v) is 14.8. The standard InChI is InChI=1S/C21H19N5O/c22-15-16-2-1-3-17(14-16)20-8-9-23-21(25-20)24-18-4-6-19(7-5-18)26-10-12-27-13-11-26/h1-9,14H,10-13H2,(H,23,24,25). The monoisotopic (exact) mass is 357 g/mol. The Hall–Kier alpha value is -3.43. The number of rotatable bonds is 4. The molecule has 3 aromatic rings. The van der Waals surface area contributed by atoms with Gasteiger partial charge in [-0.3, -0.25) is 0 Å². The third-order valence-corrected chi connectivity index (χ3v) is 4.44. The van der Waals surface area contributed by atoms with Crippen molar-refractivity contribution < 1.29 is 4.74 Å². The van der Waals surface area contributed by atoms with Crippen molar-refractivity contribution in [2.24, 2.45) is 0 Å². The van der Waals surface area contributed by atoms with Crippen molar-refractivity contribution in [3.05, 3.63) is 66.4 Å². The van der Waals surface area contributed by atoms with E-state index in [1.54, 1.807) is 12.3 Å². The van der Waals surface area contributed by atoms with Gasteiger partial charge in [0.05, 0.1) is 30.5 Å². The second-order valence-corrected chi connectivity index (χ2v) is 6.23. The highest BCUT2D eigenvalue weighted by Gasteiger charge is 2.11. The van der Waals surface area contributed by atoms with E-state index in [0.717, 1.165) is 43.2 Å². The minimum absolute atomic E-state index is 0.522. The van der Waals surface area contributed by atoms with E-state index in [-0.39, 0.29) is 0 Å². The van der Waals surface area contributed by atoms with Crippen LogP contribution in [0.25, 0.3) is 11.3 Å². The summed E-state index contributed by atoms with van der Waals surface area (Å²) >= 11 is 0. The molecule has 1 aliphatic heterocycles. The molecule has 1 saturated heterocycles. The van der Waals surface area contributed by atoms with Crippen molar-refractivity contribution in [3.63, 3.8) is 0 Å². The quantitative estimate of drug-likeness (QED) is 0.769. The molecular weight excluding hydrogens is 338 g/mol. The summed E-state index contributed by atoms with van der Waals surface area (Å²) in [6.07, 6.45) is 1.71. The molecule has 6 heteroatoms. The summed E-state index contributed by atoms with van der Waals surface area (Å²) in [5.41, 5.74) is 4.39. The van der Waals surface area contributed by atoms with Gasteiger partial charge in [0.1, 0.15) is 0 Å². The lowest BCUT2D eigenvalue weighted by molar-refractivity contribution is 0.122. The summed E-state index contributed by atoms with van der Waals surface area (Å²) < 4.78 is 5.40. The highest BCUT2D eigenvalue weighted by Crippen LogP contribution is 2.23. The molecule has 0 spiro atoms. The second kappa shape index (κ2) is 7.85.